The van der Waals surface area contributed by atoms with Gasteiger partial charge in [-0.2, -0.15) is 5.26 Å². The lowest BCUT2D eigenvalue weighted by molar-refractivity contribution is -0.143. The fraction of sp³-hybridized carbons (Fsp3) is 0.267. The molecule has 1 atom stereocenters. The second-order valence-electron chi connectivity index (χ2n) is 4.38. The van der Waals surface area contributed by atoms with Gasteiger partial charge < -0.3 is 4.74 Å². The molecule has 0 fully saturated rings. The normalized spacial score (nSPS) is 11.8. The number of hydrogen-bond acceptors (Lipinski definition) is 5. The van der Waals surface area contributed by atoms with Crippen molar-refractivity contribution < 1.29 is 9.53 Å². The van der Waals surface area contributed by atoms with Crippen LogP contribution < -0.4 is 0 Å². The summed E-state index contributed by atoms with van der Waals surface area (Å²) in [4.78, 5) is 15.9. The third kappa shape index (κ3) is 3.09. The van der Waals surface area contributed by atoms with Gasteiger partial charge >= 0.3 is 5.97 Å². The minimum absolute atomic E-state index is 0.232. The number of benzene rings is 1. The van der Waals surface area contributed by atoms with Crippen molar-refractivity contribution in [3.63, 3.8) is 0 Å². The summed E-state index contributed by atoms with van der Waals surface area (Å²) in [7, 11) is 1.37. The van der Waals surface area contributed by atoms with E-state index in [-0.39, 0.29) is 11.9 Å². The third-order valence-electron chi connectivity index (χ3n) is 2.88. The highest BCUT2D eigenvalue weighted by atomic mass is 32.2. The second-order valence-corrected chi connectivity index (χ2v) is 5.39. The summed E-state index contributed by atoms with van der Waals surface area (Å²) in [5, 5.41) is 10.8. The Morgan fingerprint density at radius 1 is 1.50 bits per heavy atom. The highest BCUT2D eigenvalue weighted by Gasteiger charge is 2.15. The first-order valence-corrected chi connectivity index (χ1v) is 7.14. The number of hydrogen-bond donors (Lipinski definition) is 0. The van der Waals surface area contributed by atoms with E-state index in [0.717, 1.165) is 10.9 Å². The van der Waals surface area contributed by atoms with E-state index < -0.39 is 0 Å². The molecule has 5 heteroatoms. The molecule has 0 bridgehead atoms. The molecule has 4 nitrogen and oxygen atoms in total. The average Bonchev–Trinajstić information content (AvgIpc) is 2.50. The lowest BCUT2D eigenvalue weighted by Crippen LogP contribution is -2.15. The van der Waals surface area contributed by atoms with Gasteiger partial charge in [0.15, 0.2) is 0 Å². The van der Waals surface area contributed by atoms with Crippen molar-refractivity contribution >= 4 is 28.6 Å². The van der Waals surface area contributed by atoms with Gasteiger partial charge in [-0.1, -0.05) is 25.1 Å². The fourth-order valence-electron chi connectivity index (χ4n) is 1.76. The first kappa shape index (κ1) is 14.4. The predicted octanol–water partition coefficient (Wildman–Crippen LogP) is 3.01. The molecule has 0 spiro atoms. The predicted molar refractivity (Wildman–Crippen MR) is 78.4 cm³/mol. The van der Waals surface area contributed by atoms with Crippen LogP contribution in [0.1, 0.15) is 12.5 Å². The minimum atomic E-state index is -0.253. The van der Waals surface area contributed by atoms with Gasteiger partial charge in [0, 0.05) is 11.1 Å². The van der Waals surface area contributed by atoms with Crippen molar-refractivity contribution in [3.8, 4) is 6.07 Å². The maximum absolute atomic E-state index is 11.4. The molecule has 1 aromatic heterocycles. The average molecular weight is 286 g/mol. The first-order chi connectivity index (χ1) is 9.65. The van der Waals surface area contributed by atoms with Gasteiger partial charge in [-0.25, -0.2) is 4.98 Å². The molecule has 2 aromatic rings. The monoisotopic (exact) mass is 286 g/mol. The van der Waals surface area contributed by atoms with Gasteiger partial charge in [0.2, 0.25) is 0 Å². The molecular weight excluding hydrogens is 272 g/mol. The van der Waals surface area contributed by atoms with E-state index in [4.69, 9.17) is 0 Å². The number of nitriles is 1. The Bertz CT molecular complexity index is 679. The van der Waals surface area contributed by atoms with E-state index in [9.17, 15) is 10.1 Å². The minimum Gasteiger partial charge on any atom is -0.469 e. The Hall–Kier alpha value is -2.06. The van der Waals surface area contributed by atoms with Crippen LogP contribution in [0.5, 0.6) is 0 Å². The summed E-state index contributed by atoms with van der Waals surface area (Å²) in [6.45, 7) is 1.80. The van der Waals surface area contributed by atoms with Crippen LogP contribution in [0.3, 0.4) is 0 Å². The lowest BCUT2D eigenvalue weighted by Gasteiger charge is -2.09. The number of esters is 1. The molecule has 0 aliphatic rings. The molecule has 1 aromatic carbocycles. The molecule has 0 saturated carbocycles. The Labute approximate surface area is 121 Å². The van der Waals surface area contributed by atoms with Gasteiger partial charge in [0.1, 0.15) is 11.1 Å². The number of para-hydroxylation sites is 1. The molecule has 0 amide bonds. The van der Waals surface area contributed by atoms with Gasteiger partial charge in [0.05, 0.1) is 24.1 Å². The largest absolute Gasteiger partial charge is 0.469 e. The quantitative estimate of drug-likeness (QED) is 0.638. The van der Waals surface area contributed by atoms with Crippen LogP contribution in [-0.4, -0.2) is 23.8 Å². The van der Waals surface area contributed by atoms with E-state index in [1.54, 1.807) is 6.92 Å². The van der Waals surface area contributed by atoms with Crippen LogP contribution in [0.15, 0.2) is 35.4 Å². The van der Waals surface area contributed by atoms with E-state index in [1.807, 2.05) is 30.3 Å². The molecule has 0 aliphatic heterocycles. The number of carbonyl (C=O) groups excluding carboxylic acids is 1. The smallest absolute Gasteiger partial charge is 0.309 e. The van der Waals surface area contributed by atoms with Gasteiger partial charge in [-0.05, 0) is 12.1 Å². The van der Waals surface area contributed by atoms with E-state index in [1.165, 1.54) is 18.9 Å². The number of fused-ring (bicyclic) bond motifs is 1. The van der Waals surface area contributed by atoms with Crippen molar-refractivity contribution in [1.29, 1.82) is 5.26 Å². The second kappa shape index (κ2) is 6.40. The van der Waals surface area contributed by atoms with Gasteiger partial charge in [-0.15, -0.1) is 11.8 Å². The first-order valence-electron chi connectivity index (χ1n) is 6.16. The number of nitrogens with zero attached hydrogens (tertiary/aromatic N) is 2. The zero-order valence-electron chi connectivity index (χ0n) is 11.3. The van der Waals surface area contributed by atoms with Crippen molar-refractivity contribution in [1.82, 2.24) is 4.98 Å². The zero-order chi connectivity index (χ0) is 14.5. The Morgan fingerprint density at radius 3 is 2.95 bits per heavy atom. The van der Waals surface area contributed by atoms with Crippen LogP contribution in [0.25, 0.3) is 10.9 Å². The summed E-state index contributed by atoms with van der Waals surface area (Å²) in [5.74, 6) is 0.0498. The third-order valence-corrected chi connectivity index (χ3v) is 4.13. The number of carbonyl (C=O) groups is 1. The molecule has 0 radical (unpaired) electrons. The Kier molecular flexibility index (Phi) is 4.59. The maximum Gasteiger partial charge on any atom is 0.309 e. The van der Waals surface area contributed by atoms with Crippen molar-refractivity contribution in [2.24, 2.45) is 5.92 Å². The van der Waals surface area contributed by atoms with Crippen LogP contribution in [-0.2, 0) is 9.53 Å². The number of ether oxygens (including phenoxy) is 1. The van der Waals surface area contributed by atoms with Gasteiger partial charge in [0.25, 0.3) is 0 Å². The molecular formula is C15H14N2O2S. The highest BCUT2D eigenvalue weighted by Crippen LogP contribution is 2.26. The number of aromatic nitrogens is 1. The van der Waals surface area contributed by atoms with Crippen LogP contribution in [0, 0.1) is 17.2 Å². The van der Waals surface area contributed by atoms with E-state index in [2.05, 4.69) is 15.8 Å². The van der Waals surface area contributed by atoms with Crippen LogP contribution in [0.2, 0.25) is 0 Å². The molecule has 102 valence electrons. The molecule has 2 rings (SSSR count). The Morgan fingerprint density at radius 2 is 2.25 bits per heavy atom. The Balaban J connectivity index is 2.25. The molecule has 1 unspecified atom stereocenters. The van der Waals surface area contributed by atoms with Crippen LogP contribution in [0.4, 0.5) is 0 Å². The SMILES string of the molecule is COC(=O)C(C)CSc1nc2ccccc2cc1C#N. The van der Waals surface area contributed by atoms with Crippen LogP contribution >= 0.6 is 11.8 Å². The van der Waals surface area contributed by atoms with E-state index >= 15 is 0 Å². The standard InChI is InChI=1S/C15H14N2O2S/c1-10(15(18)19-2)9-20-14-12(8-16)7-11-5-3-4-6-13(11)17-14/h3-7,10H,9H2,1-2H3. The molecule has 0 aliphatic carbocycles. The molecule has 0 N–H and O–H groups in total. The van der Waals surface area contributed by atoms with Crippen molar-refractivity contribution in [2.45, 2.75) is 11.9 Å². The summed E-state index contributed by atoms with van der Waals surface area (Å²) >= 11 is 1.40. The summed E-state index contributed by atoms with van der Waals surface area (Å²) in [5.41, 5.74) is 1.38. The molecule has 0 saturated heterocycles. The topological polar surface area (TPSA) is 63.0 Å². The number of pyridine rings is 1. The summed E-state index contributed by atoms with van der Waals surface area (Å²) in [6.07, 6.45) is 0. The lowest BCUT2D eigenvalue weighted by atomic mass is 10.2. The number of rotatable bonds is 4. The van der Waals surface area contributed by atoms with Gasteiger partial charge in [-0.3, -0.25) is 4.79 Å². The molecule has 1 heterocycles. The fourth-order valence-corrected chi connectivity index (χ4v) is 2.73. The summed E-state index contributed by atoms with van der Waals surface area (Å²) in [6, 6.07) is 11.6. The maximum atomic E-state index is 11.4. The number of methoxy groups -OCH3 is 1. The molecule has 20 heavy (non-hydrogen) atoms. The van der Waals surface area contributed by atoms with Crippen molar-refractivity contribution in [3.05, 3.63) is 35.9 Å². The van der Waals surface area contributed by atoms with E-state index in [0.29, 0.717) is 16.3 Å². The highest BCUT2D eigenvalue weighted by molar-refractivity contribution is 7.99. The summed E-state index contributed by atoms with van der Waals surface area (Å²) < 4.78 is 4.69. The zero-order valence-corrected chi connectivity index (χ0v) is 12.1. The van der Waals surface area contributed by atoms with Crippen molar-refractivity contribution in [2.75, 3.05) is 12.9 Å². The number of thioether (sulfide) groups is 1.